The molecule has 0 amide bonds. The van der Waals surface area contributed by atoms with E-state index < -0.39 is 28.8 Å². The van der Waals surface area contributed by atoms with Crippen molar-refractivity contribution in [2.24, 2.45) is 0 Å². The maximum atomic E-state index is 13.9. The number of Topliss-reactive ketones (excluding diaryl/α,β-unsaturated/α-hetero) is 1. The molecule has 0 spiro atoms. The molecule has 1 aliphatic heterocycles. The lowest BCUT2D eigenvalue weighted by Gasteiger charge is -2.31. The summed E-state index contributed by atoms with van der Waals surface area (Å²) in [7, 11) is 0. The highest BCUT2D eigenvalue weighted by molar-refractivity contribution is 5.98. The monoisotopic (exact) mass is 447 g/mol. The van der Waals surface area contributed by atoms with Crippen molar-refractivity contribution >= 4 is 17.2 Å². The molecule has 2 aromatic carbocycles. The topological polar surface area (TPSA) is 57.0 Å². The van der Waals surface area contributed by atoms with Crippen molar-refractivity contribution in [2.45, 2.75) is 19.8 Å². The van der Waals surface area contributed by atoms with Gasteiger partial charge in [0.2, 0.25) is 0 Å². The number of benzene rings is 2. The van der Waals surface area contributed by atoms with E-state index in [0.717, 1.165) is 24.1 Å². The number of aromatic nitrogens is 1. The minimum atomic E-state index is -1.21. The first-order chi connectivity index (χ1) is 15.9. The minimum absolute atomic E-state index is 0.205. The molecule has 1 aliphatic rings. The molecular weight excluding hydrogens is 427 g/mol. The highest BCUT2D eigenvalue weighted by atomic mass is 19.1. The predicted molar refractivity (Wildman–Crippen MR) is 119 cm³/mol. The van der Waals surface area contributed by atoms with E-state index in [1.54, 1.807) is 30.5 Å². The Bertz CT molecular complexity index is 1270. The van der Waals surface area contributed by atoms with Gasteiger partial charge in [-0.3, -0.25) is 4.79 Å². The Morgan fingerprint density at radius 1 is 1.12 bits per heavy atom. The molecule has 0 saturated carbocycles. The summed E-state index contributed by atoms with van der Waals surface area (Å²) in [6.45, 7) is 3.40. The number of ketones is 1. The number of hydrogen-bond acceptors (Lipinski definition) is 4. The molecule has 0 unspecified atom stereocenters. The third kappa shape index (κ3) is 4.65. The first-order valence-corrected chi connectivity index (χ1v) is 10.4. The zero-order valence-electron chi connectivity index (χ0n) is 17.9. The molecule has 0 N–H and O–H groups in total. The van der Waals surface area contributed by atoms with Gasteiger partial charge in [-0.05, 0) is 42.2 Å². The van der Waals surface area contributed by atoms with Gasteiger partial charge in [0, 0.05) is 37.8 Å². The quantitative estimate of drug-likeness (QED) is 0.486. The predicted octanol–water partition coefficient (Wildman–Crippen LogP) is 5.48. The van der Waals surface area contributed by atoms with Gasteiger partial charge in [-0.15, -0.1) is 0 Å². The van der Waals surface area contributed by atoms with Crippen molar-refractivity contribution in [3.05, 3.63) is 100 Å². The Kier molecular flexibility index (Phi) is 6.27. The highest BCUT2D eigenvalue weighted by Gasteiger charge is 2.22. The Labute approximate surface area is 189 Å². The summed E-state index contributed by atoms with van der Waals surface area (Å²) in [6, 6.07) is 13.9. The van der Waals surface area contributed by atoms with E-state index in [2.05, 4.69) is 22.9 Å². The molecule has 7 heteroatoms. The van der Waals surface area contributed by atoms with Gasteiger partial charge in [0.15, 0.2) is 5.78 Å². The molecule has 166 valence electrons. The summed E-state index contributed by atoms with van der Waals surface area (Å²) in [6.07, 6.45) is 2.28. The van der Waals surface area contributed by atoms with Gasteiger partial charge in [0.1, 0.15) is 29.3 Å². The fourth-order valence-electron chi connectivity index (χ4n) is 4.02. The van der Waals surface area contributed by atoms with Crippen LogP contribution in [0.15, 0.2) is 60.3 Å². The third-order valence-corrected chi connectivity index (χ3v) is 5.78. The van der Waals surface area contributed by atoms with Crippen LogP contribution in [0.25, 0.3) is 5.57 Å². The van der Waals surface area contributed by atoms with Gasteiger partial charge in [-0.2, -0.15) is 5.26 Å². The van der Waals surface area contributed by atoms with Crippen LogP contribution in [-0.4, -0.2) is 23.9 Å². The Morgan fingerprint density at radius 2 is 1.82 bits per heavy atom. The van der Waals surface area contributed by atoms with Crippen LogP contribution in [0.1, 0.15) is 40.4 Å². The van der Waals surface area contributed by atoms with Gasteiger partial charge in [-0.1, -0.05) is 29.8 Å². The van der Waals surface area contributed by atoms with Crippen LogP contribution in [0.4, 0.5) is 19.0 Å². The second kappa shape index (κ2) is 9.29. The average Bonchev–Trinajstić information content (AvgIpc) is 2.79. The lowest BCUT2D eigenvalue weighted by Crippen LogP contribution is -2.32. The van der Waals surface area contributed by atoms with E-state index in [1.165, 1.54) is 5.57 Å². The Balaban J connectivity index is 1.53. The van der Waals surface area contributed by atoms with E-state index >= 15 is 0 Å². The van der Waals surface area contributed by atoms with Crippen LogP contribution in [-0.2, 0) is 6.42 Å². The SMILES string of the molecule is CC1=C(c2ccc(CC(=O)c3c(F)cc(F)cc3F)cc2)CN(c2ncccc2C#N)CC1. The molecule has 2 heterocycles. The van der Waals surface area contributed by atoms with Crippen LogP contribution >= 0.6 is 0 Å². The second-order valence-electron chi connectivity index (χ2n) is 7.96. The number of hydrogen-bond donors (Lipinski definition) is 0. The molecule has 4 nitrogen and oxygen atoms in total. The molecule has 3 aromatic rings. The van der Waals surface area contributed by atoms with Gasteiger partial charge in [0.05, 0.1) is 11.1 Å². The number of pyridine rings is 1. The first-order valence-electron chi connectivity index (χ1n) is 10.4. The van der Waals surface area contributed by atoms with Crippen LogP contribution in [0.5, 0.6) is 0 Å². The van der Waals surface area contributed by atoms with Crippen molar-refractivity contribution in [1.82, 2.24) is 4.98 Å². The molecule has 0 fully saturated rings. The number of carbonyl (C=O) groups is 1. The van der Waals surface area contributed by atoms with E-state index in [-0.39, 0.29) is 6.42 Å². The largest absolute Gasteiger partial charge is 0.351 e. The third-order valence-electron chi connectivity index (χ3n) is 5.78. The molecule has 0 radical (unpaired) electrons. The summed E-state index contributed by atoms with van der Waals surface area (Å²) in [5.41, 5.74) is 3.66. The van der Waals surface area contributed by atoms with Crippen LogP contribution in [0.2, 0.25) is 0 Å². The summed E-state index contributed by atoms with van der Waals surface area (Å²) in [5.74, 6) is -3.58. The molecule has 4 rings (SSSR count). The zero-order chi connectivity index (χ0) is 23.5. The Hall–Kier alpha value is -3.92. The number of nitrogens with zero attached hydrogens (tertiary/aromatic N) is 3. The van der Waals surface area contributed by atoms with Crippen molar-refractivity contribution in [1.29, 1.82) is 5.26 Å². The first kappa shape index (κ1) is 22.3. The molecule has 0 atom stereocenters. The molecule has 1 aromatic heterocycles. The Morgan fingerprint density at radius 3 is 2.48 bits per heavy atom. The fourth-order valence-corrected chi connectivity index (χ4v) is 4.02. The van der Waals surface area contributed by atoms with E-state index in [1.807, 2.05) is 12.1 Å². The molecule has 0 bridgehead atoms. The molecule has 33 heavy (non-hydrogen) atoms. The lowest BCUT2D eigenvalue weighted by atomic mass is 9.93. The van der Waals surface area contributed by atoms with Crippen molar-refractivity contribution < 1.29 is 18.0 Å². The molecule has 0 saturated heterocycles. The van der Waals surface area contributed by atoms with Gasteiger partial charge >= 0.3 is 0 Å². The standard InChI is InChI=1S/C26H20F3N3O/c1-16-8-10-32(26-19(14-30)3-2-9-31-26)15-21(16)18-6-4-17(5-7-18)11-24(33)25-22(28)12-20(27)13-23(25)29/h2-7,9,12-13H,8,10-11,15H2,1H3. The summed E-state index contributed by atoms with van der Waals surface area (Å²) in [5, 5.41) is 9.39. The maximum absolute atomic E-state index is 13.9. The van der Waals surface area contributed by atoms with E-state index in [9.17, 15) is 23.2 Å². The van der Waals surface area contributed by atoms with Crippen LogP contribution < -0.4 is 4.90 Å². The number of anilines is 1. The number of rotatable bonds is 5. The van der Waals surface area contributed by atoms with Gasteiger partial charge in [0.25, 0.3) is 0 Å². The summed E-state index contributed by atoms with van der Waals surface area (Å²) in [4.78, 5) is 18.9. The van der Waals surface area contributed by atoms with Crippen molar-refractivity contribution in [3.8, 4) is 6.07 Å². The smallest absolute Gasteiger partial charge is 0.173 e. The normalized spacial score (nSPS) is 13.7. The number of carbonyl (C=O) groups excluding carboxylic acids is 1. The zero-order valence-corrected chi connectivity index (χ0v) is 17.9. The van der Waals surface area contributed by atoms with Crippen LogP contribution in [0, 0.1) is 28.8 Å². The lowest BCUT2D eigenvalue weighted by molar-refractivity contribution is 0.0984. The number of nitriles is 1. The van der Waals surface area contributed by atoms with Crippen molar-refractivity contribution in [3.63, 3.8) is 0 Å². The minimum Gasteiger partial charge on any atom is -0.351 e. The molecular formula is C26H20F3N3O. The average molecular weight is 447 g/mol. The van der Waals surface area contributed by atoms with E-state index in [0.29, 0.717) is 35.6 Å². The van der Waals surface area contributed by atoms with Gasteiger partial charge < -0.3 is 4.90 Å². The van der Waals surface area contributed by atoms with Crippen molar-refractivity contribution in [2.75, 3.05) is 18.0 Å². The maximum Gasteiger partial charge on any atom is 0.173 e. The summed E-state index contributed by atoms with van der Waals surface area (Å²) >= 11 is 0. The van der Waals surface area contributed by atoms with Crippen LogP contribution in [0.3, 0.4) is 0 Å². The second-order valence-corrected chi connectivity index (χ2v) is 7.96. The van der Waals surface area contributed by atoms with Gasteiger partial charge in [-0.25, -0.2) is 18.2 Å². The highest BCUT2D eigenvalue weighted by Crippen LogP contribution is 2.30. The number of halogens is 3. The van der Waals surface area contributed by atoms with E-state index in [4.69, 9.17) is 0 Å². The molecule has 0 aliphatic carbocycles. The summed E-state index contributed by atoms with van der Waals surface area (Å²) < 4.78 is 40.9. The fraction of sp³-hybridized carbons (Fsp3) is 0.192.